The van der Waals surface area contributed by atoms with E-state index in [2.05, 4.69) is 35.2 Å². The van der Waals surface area contributed by atoms with Gasteiger partial charge in [0.05, 0.1) is 23.8 Å². The minimum absolute atomic E-state index is 0.0478. The highest BCUT2D eigenvalue weighted by atomic mass is 32.2. The van der Waals surface area contributed by atoms with Gasteiger partial charge in [0.15, 0.2) is 10.1 Å². The first-order valence-electron chi connectivity index (χ1n) is 9.35. The monoisotopic (exact) mass is 427 g/mol. The molecule has 10 heteroatoms. The van der Waals surface area contributed by atoms with Crippen LogP contribution in [0.5, 0.6) is 0 Å². The van der Waals surface area contributed by atoms with Gasteiger partial charge in [0.25, 0.3) is 0 Å². The van der Waals surface area contributed by atoms with Crippen LogP contribution < -0.4 is 10.6 Å². The fourth-order valence-corrected chi connectivity index (χ4v) is 5.87. The largest absolute Gasteiger partial charge is 0.384 e. The van der Waals surface area contributed by atoms with Gasteiger partial charge in [-0.25, -0.2) is 0 Å². The van der Waals surface area contributed by atoms with Crippen molar-refractivity contribution in [3.8, 4) is 6.07 Å². The third-order valence-electron chi connectivity index (χ3n) is 4.90. The van der Waals surface area contributed by atoms with Crippen molar-refractivity contribution in [3.63, 3.8) is 0 Å². The highest BCUT2D eigenvalue weighted by Crippen LogP contribution is 2.47. The number of thioether (sulfide) groups is 1. The number of aromatic nitrogens is 4. The number of nitrogens with zero attached hydrogens (tertiary/aromatic N) is 6. The second-order valence-corrected chi connectivity index (χ2v) is 10.1. The first-order valence-corrected chi connectivity index (χ1v) is 11.0. The molecule has 1 aliphatic heterocycles. The van der Waals surface area contributed by atoms with Crippen molar-refractivity contribution < 1.29 is 4.79 Å². The van der Waals surface area contributed by atoms with Gasteiger partial charge < -0.3 is 5.73 Å². The molecule has 0 saturated heterocycles. The summed E-state index contributed by atoms with van der Waals surface area (Å²) in [4.78, 5) is 14.8. The van der Waals surface area contributed by atoms with Gasteiger partial charge in [-0.05, 0) is 12.8 Å². The Hall–Kier alpha value is -2.64. The van der Waals surface area contributed by atoms with Gasteiger partial charge in [-0.15, -0.1) is 10.2 Å². The number of rotatable bonds is 4. The Morgan fingerprint density at radius 1 is 1.38 bits per heavy atom. The van der Waals surface area contributed by atoms with Crippen LogP contribution in [-0.2, 0) is 11.8 Å². The lowest BCUT2D eigenvalue weighted by Crippen LogP contribution is -2.38. The van der Waals surface area contributed by atoms with E-state index in [-0.39, 0.29) is 5.78 Å². The predicted octanol–water partition coefficient (Wildman–Crippen LogP) is 3.08. The van der Waals surface area contributed by atoms with E-state index in [1.165, 1.54) is 11.3 Å². The molecule has 0 spiro atoms. The Bertz CT molecular complexity index is 1070. The first kappa shape index (κ1) is 19.7. The van der Waals surface area contributed by atoms with Gasteiger partial charge in [0, 0.05) is 41.7 Å². The summed E-state index contributed by atoms with van der Waals surface area (Å²) in [6.45, 7) is 4.18. The van der Waals surface area contributed by atoms with Crippen molar-refractivity contribution in [2.24, 2.45) is 12.8 Å². The van der Waals surface area contributed by atoms with Crippen molar-refractivity contribution in [2.75, 3.05) is 4.90 Å². The maximum absolute atomic E-state index is 13.0. The molecule has 0 radical (unpaired) electrons. The number of anilines is 1. The fourth-order valence-electron chi connectivity index (χ4n) is 3.77. The van der Waals surface area contributed by atoms with E-state index in [1.807, 2.05) is 13.2 Å². The highest BCUT2D eigenvalue weighted by molar-refractivity contribution is 8.01. The molecule has 150 valence electrons. The Morgan fingerprint density at radius 3 is 2.83 bits per heavy atom. The first-order chi connectivity index (χ1) is 13.9. The van der Waals surface area contributed by atoms with E-state index >= 15 is 0 Å². The fraction of sp³-hybridized carbons (Fsp3) is 0.421. The van der Waals surface area contributed by atoms with E-state index in [0.717, 1.165) is 22.0 Å². The molecule has 2 aromatic heterocycles. The van der Waals surface area contributed by atoms with Gasteiger partial charge in [-0.3, -0.25) is 14.4 Å². The number of carbonyl (C=O) groups is 1. The molecule has 8 nitrogen and oxygen atoms in total. The number of hydrogen-bond donors (Lipinski definition) is 1. The van der Waals surface area contributed by atoms with E-state index < -0.39 is 5.92 Å². The Kier molecular flexibility index (Phi) is 5.19. The number of hydrogen-bond acceptors (Lipinski definition) is 9. The summed E-state index contributed by atoms with van der Waals surface area (Å²) >= 11 is 3.05. The summed E-state index contributed by atoms with van der Waals surface area (Å²) in [5.74, 6) is -0.135. The summed E-state index contributed by atoms with van der Waals surface area (Å²) < 4.78 is 2.50. The van der Waals surface area contributed by atoms with Gasteiger partial charge in [0.2, 0.25) is 5.13 Å². The zero-order valence-corrected chi connectivity index (χ0v) is 18.0. The normalized spacial score (nSPS) is 19.8. The lowest BCUT2D eigenvalue weighted by atomic mass is 9.76. The third kappa shape index (κ3) is 3.45. The topological polar surface area (TPSA) is 114 Å². The van der Waals surface area contributed by atoms with Crippen molar-refractivity contribution in [2.45, 2.75) is 48.6 Å². The molecule has 0 bridgehead atoms. The SMILES string of the molecule is CC(C)Sc1nnc(N2C(N)=C(C#N)[C@H](c3cnn(C)c3)C3=C2CCCC3=O)s1. The number of allylic oxidation sites excluding steroid dienone is 3. The number of nitrogens with two attached hydrogens (primary N) is 1. The van der Waals surface area contributed by atoms with Gasteiger partial charge in [-0.2, -0.15) is 10.4 Å². The molecule has 4 rings (SSSR count). The lowest BCUT2D eigenvalue weighted by Gasteiger charge is -2.37. The molecule has 1 aliphatic carbocycles. The molecule has 0 fully saturated rings. The standard InChI is InChI=1S/C19H21N7OS2/c1-10(2)28-19-24-23-18(29-19)26-13-5-4-6-14(27)16(13)15(12(7-20)17(26)21)11-8-22-25(3)9-11/h8-10,15H,4-6,21H2,1-3H3/t15-/m0/s1. The Morgan fingerprint density at radius 2 is 2.17 bits per heavy atom. The van der Waals surface area contributed by atoms with Crippen LogP contribution in [0.4, 0.5) is 5.13 Å². The van der Waals surface area contributed by atoms with Gasteiger partial charge in [0.1, 0.15) is 5.82 Å². The lowest BCUT2D eigenvalue weighted by molar-refractivity contribution is -0.116. The molecular formula is C19H21N7OS2. The summed E-state index contributed by atoms with van der Waals surface area (Å²) in [5, 5.41) is 23.7. The van der Waals surface area contributed by atoms with E-state index in [9.17, 15) is 10.1 Å². The van der Waals surface area contributed by atoms with Crippen LogP contribution in [0.3, 0.4) is 0 Å². The maximum Gasteiger partial charge on any atom is 0.219 e. The summed E-state index contributed by atoms with van der Waals surface area (Å²) in [5.41, 5.74) is 9.10. The molecule has 2 aromatic rings. The molecule has 0 amide bonds. The Labute approximate surface area is 177 Å². The molecule has 0 aromatic carbocycles. The molecular weight excluding hydrogens is 406 g/mol. The molecule has 2 N–H and O–H groups in total. The second kappa shape index (κ2) is 7.65. The predicted molar refractivity (Wildman–Crippen MR) is 112 cm³/mol. The highest BCUT2D eigenvalue weighted by Gasteiger charge is 2.41. The third-order valence-corrected chi connectivity index (χ3v) is 6.89. The van der Waals surface area contributed by atoms with Crippen LogP contribution in [0.2, 0.25) is 0 Å². The van der Waals surface area contributed by atoms with Gasteiger partial charge >= 0.3 is 0 Å². The zero-order chi connectivity index (χ0) is 20.7. The second-order valence-electron chi connectivity index (χ2n) is 7.28. The molecule has 0 saturated carbocycles. The van der Waals surface area contributed by atoms with Crippen LogP contribution in [0, 0.1) is 11.3 Å². The van der Waals surface area contributed by atoms with Crippen molar-refractivity contribution >= 4 is 34.0 Å². The molecule has 3 heterocycles. The molecule has 29 heavy (non-hydrogen) atoms. The smallest absolute Gasteiger partial charge is 0.219 e. The summed E-state index contributed by atoms with van der Waals surface area (Å²) in [7, 11) is 1.81. The van der Waals surface area contributed by atoms with Crippen molar-refractivity contribution in [3.05, 3.63) is 40.6 Å². The molecule has 0 unspecified atom stereocenters. The van der Waals surface area contributed by atoms with E-state index in [0.29, 0.717) is 40.2 Å². The van der Waals surface area contributed by atoms with E-state index in [4.69, 9.17) is 5.73 Å². The van der Waals surface area contributed by atoms with Gasteiger partial charge in [-0.1, -0.05) is 36.9 Å². The van der Waals surface area contributed by atoms with Crippen molar-refractivity contribution in [1.82, 2.24) is 20.0 Å². The van der Waals surface area contributed by atoms with E-state index in [1.54, 1.807) is 27.5 Å². The number of Topliss-reactive ketones (excluding diaryl/α,β-unsaturated/α-hetero) is 1. The van der Waals surface area contributed by atoms with Crippen LogP contribution in [0.15, 0.2) is 39.4 Å². The quantitative estimate of drug-likeness (QED) is 0.741. The zero-order valence-electron chi connectivity index (χ0n) is 16.4. The number of ketones is 1. The molecule has 1 atom stereocenters. The maximum atomic E-state index is 13.0. The van der Waals surface area contributed by atoms with Crippen molar-refractivity contribution in [1.29, 1.82) is 5.26 Å². The number of nitriles is 1. The number of aryl methyl sites for hydroxylation is 1. The Balaban J connectivity index is 1.88. The van der Waals surface area contributed by atoms with Crippen LogP contribution in [-0.4, -0.2) is 31.0 Å². The summed E-state index contributed by atoms with van der Waals surface area (Å²) in [6, 6.07) is 2.24. The average molecular weight is 428 g/mol. The van der Waals surface area contributed by atoms with Crippen LogP contribution in [0.25, 0.3) is 0 Å². The van der Waals surface area contributed by atoms with Crippen LogP contribution in [0.1, 0.15) is 44.6 Å². The molecule has 2 aliphatic rings. The minimum Gasteiger partial charge on any atom is -0.384 e. The summed E-state index contributed by atoms with van der Waals surface area (Å²) in [6.07, 6.45) is 5.44. The number of carbonyl (C=O) groups excluding carboxylic acids is 1. The minimum atomic E-state index is -0.495. The van der Waals surface area contributed by atoms with Crippen LogP contribution >= 0.6 is 23.1 Å². The average Bonchev–Trinajstić information content (AvgIpc) is 3.29.